The lowest BCUT2D eigenvalue weighted by Crippen LogP contribution is -2.27. The number of amides is 1. The second kappa shape index (κ2) is 3.35. The number of thiol groups is 1. The lowest BCUT2D eigenvalue weighted by Gasteiger charge is -2.14. The van der Waals surface area contributed by atoms with Gasteiger partial charge in [0.25, 0.3) is 0 Å². The van der Waals surface area contributed by atoms with E-state index in [2.05, 4.69) is 17.6 Å². The highest BCUT2D eigenvalue weighted by molar-refractivity contribution is 7.81. The number of hydrogen-bond acceptors (Lipinski definition) is 4. The van der Waals surface area contributed by atoms with Crippen molar-refractivity contribution in [2.45, 2.75) is 17.7 Å². The van der Waals surface area contributed by atoms with Crippen LogP contribution in [0, 0.1) is 0 Å². The van der Waals surface area contributed by atoms with Crippen molar-refractivity contribution in [2.75, 3.05) is 14.1 Å². The van der Waals surface area contributed by atoms with Crippen molar-refractivity contribution in [2.24, 2.45) is 10.7 Å². The summed E-state index contributed by atoms with van der Waals surface area (Å²) in [5.74, 6) is 0.466. The van der Waals surface area contributed by atoms with Crippen LogP contribution in [0.4, 0.5) is 0 Å². The Morgan fingerprint density at radius 3 is 2.58 bits per heavy atom. The Balaban J connectivity index is 2.74. The highest BCUT2D eigenvalue weighted by atomic mass is 32.1. The van der Waals surface area contributed by atoms with Crippen molar-refractivity contribution < 1.29 is 4.79 Å². The molecule has 0 aromatic rings. The minimum Gasteiger partial charge on any atom is -0.368 e. The molecule has 1 amide bonds. The maximum absolute atomic E-state index is 10.8. The van der Waals surface area contributed by atoms with Gasteiger partial charge >= 0.3 is 0 Å². The summed E-state index contributed by atoms with van der Waals surface area (Å²) in [5.41, 5.74) is 5.12. The van der Waals surface area contributed by atoms with Gasteiger partial charge in [0.2, 0.25) is 5.91 Å². The van der Waals surface area contributed by atoms with Crippen LogP contribution in [0.3, 0.4) is 0 Å². The number of primary amides is 1. The lowest BCUT2D eigenvalue weighted by atomic mass is 10.2. The molecule has 0 saturated heterocycles. The fourth-order valence-electron chi connectivity index (χ4n) is 1.21. The Morgan fingerprint density at radius 1 is 1.75 bits per heavy atom. The maximum atomic E-state index is 10.8. The zero-order valence-corrected chi connectivity index (χ0v) is 8.08. The Morgan fingerprint density at radius 2 is 2.33 bits per heavy atom. The first-order chi connectivity index (χ1) is 5.52. The highest BCUT2D eigenvalue weighted by Gasteiger charge is 2.29. The van der Waals surface area contributed by atoms with Gasteiger partial charge in [-0.2, -0.15) is 12.6 Å². The smallest absolute Gasteiger partial charge is 0.242 e. The van der Waals surface area contributed by atoms with E-state index in [9.17, 15) is 4.79 Å². The average Bonchev–Trinajstić information content (AvgIpc) is 2.30. The number of carbonyl (C=O) groups is 1. The molecule has 1 heterocycles. The largest absolute Gasteiger partial charge is 0.368 e. The molecule has 0 aromatic carbocycles. The third kappa shape index (κ3) is 1.72. The SMILES string of the molecule is CN(C)C1=N[C@H](C(N)=O)CC1S. The van der Waals surface area contributed by atoms with Crippen LogP contribution in [-0.2, 0) is 4.79 Å². The number of nitrogens with two attached hydrogens (primary N) is 1. The van der Waals surface area contributed by atoms with Crippen LogP contribution in [0.5, 0.6) is 0 Å². The molecular formula is C7H13N3OS. The van der Waals surface area contributed by atoms with Gasteiger partial charge in [0.15, 0.2) is 0 Å². The molecule has 1 aliphatic rings. The number of aliphatic imine (C=N–C) groups is 1. The number of amidine groups is 1. The third-order valence-corrected chi connectivity index (χ3v) is 2.26. The van der Waals surface area contributed by atoms with E-state index >= 15 is 0 Å². The van der Waals surface area contributed by atoms with Crippen molar-refractivity contribution >= 4 is 24.4 Å². The van der Waals surface area contributed by atoms with Gasteiger partial charge in [-0.05, 0) is 6.42 Å². The van der Waals surface area contributed by atoms with E-state index in [1.165, 1.54) is 0 Å². The summed E-state index contributed by atoms with van der Waals surface area (Å²) in [7, 11) is 3.76. The summed E-state index contributed by atoms with van der Waals surface area (Å²) in [6.45, 7) is 0. The Kier molecular flexibility index (Phi) is 2.62. The fourth-order valence-corrected chi connectivity index (χ4v) is 1.71. The first-order valence-electron chi connectivity index (χ1n) is 3.74. The standard InChI is InChI=1S/C7H13N3OS/c1-10(2)7-5(12)3-4(9-7)6(8)11/h4-5,12H,3H2,1-2H3,(H2,8,11)/t4-,5?/m0/s1. The van der Waals surface area contributed by atoms with Gasteiger partial charge in [-0.25, -0.2) is 0 Å². The molecule has 1 rings (SSSR count). The van der Waals surface area contributed by atoms with Crippen LogP contribution in [0.2, 0.25) is 0 Å². The number of rotatable bonds is 1. The maximum Gasteiger partial charge on any atom is 0.242 e. The topological polar surface area (TPSA) is 58.7 Å². The van der Waals surface area contributed by atoms with Crippen molar-refractivity contribution in [1.82, 2.24) is 4.90 Å². The molecule has 1 aliphatic heterocycles. The number of hydrogen-bond donors (Lipinski definition) is 2. The summed E-state index contributed by atoms with van der Waals surface area (Å²) >= 11 is 4.30. The summed E-state index contributed by atoms with van der Waals surface area (Å²) in [6, 6.07) is -0.384. The molecule has 0 aliphatic carbocycles. The van der Waals surface area contributed by atoms with Gasteiger partial charge in [0.1, 0.15) is 11.9 Å². The summed E-state index contributed by atoms with van der Waals surface area (Å²) in [4.78, 5) is 16.8. The monoisotopic (exact) mass is 187 g/mol. The molecule has 5 heteroatoms. The van der Waals surface area contributed by atoms with Crippen LogP contribution >= 0.6 is 12.6 Å². The lowest BCUT2D eigenvalue weighted by molar-refractivity contribution is -0.119. The van der Waals surface area contributed by atoms with Gasteiger partial charge in [-0.1, -0.05) is 0 Å². The van der Waals surface area contributed by atoms with Crippen LogP contribution < -0.4 is 5.73 Å². The summed E-state index contributed by atoms with van der Waals surface area (Å²) in [6.07, 6.45) is 0.617. The van der Waals surface area contributed by atoms with Crippen molar-refractivity contribution in [3.63, 3.8) is 0 Å². The normalized spacial score (nSPS) is 28.4. The van der Waals surface area contributed by atoms with Crippen molar-refractivity contribution in [3.8, 4) is 0 Å². The summed E-state index contributed by atoms with van der Waals surface area (Å²) < 4.78 is 0. The first-order valence-corrected chi connectivity index (χ1v) is 4.26. The van der Waals surface area contributed by atoms with E-state index in [1.54, 1.807) is 0 Å². The molecule has 0 radical (unpaired) electrons. The molecule has 1 unspecified atom stereocenters. The van der Waals surface area contributed by atoms with Crippen LogP contribution in [0.25, 0.3) is 0 Å². The first kappa shape index (κ1) is 9.38. The average molecular weight is 187 g/mol. The van der Waals surface area contributed by atoms with Gasteiger partial charge in [0, 0.05) is 14.1 Å². The highest BCUT2D eigenvalue weighted by Crippen LogP contribution is 2.19. The van der Waals surface area contributed by atoms with E-state index in [0.717, 1.165) is 5.84 Å². The zero-order chi connectivity index (χ0) is 9.30. The van der Waals surface area contributed by atoms with Gasteiger partial charge in [-0.15, -0.1) is 0 Å². The van der Waals surface area contributed by atoms with E-state index in [4.69, 9.17) is 5.73 Å². The minimum atomic E-state index is -0.384. The van der Waals surface area contributed by atoms with Gasteiger partial charge in [0.05, 0.1) is 5.25 Å². The molecule has 0 fully saturated rings. The van der Waals surface area contributed by atoms with E-state index in [1.807, 2.05) is 19.0 Å². The van der Waals surface area contributed by atoms with Crippen molar-refractivity contribution in [1.29, 1.82) is 0 Å². The second-order valence-corrected chi connectivity index (χ2v) is 3.67. The Hall–Kier alpha value is -0.710. The minimum absolute atomic E-state index is 0.0394. The molecule has 0 saturated carbocycles. The van der Waals surface area contributed by atoms with Crippen molar-refractivity contribution in [3.05, 3.63) is 0 Å². The molecule has 2 atom stereocenters. The van der Waals surface area contributed by atoms with Gasteiger partial charge < -0.3 is 10.6 Å². The molecule has 0 aromatic heterocycles. The molecule has 68 valence electrons. The third-order valence-electron chi connectivity index (χ3n) is 1.82. The van der Waals surface area contributed by atoms with Gasteiger partial charge in [-0.3, -0.25) is 9.79 Å². The van der Waals surface area contributed by atoms with Crippen LogP contribution in [-0.4, -0.2) is 42.0 Å². The quantitative estimate of drug-likeness (QED) is 0.544. The molecule has 4 nitrogen and oxygen atoms in total. The molecule has 2 N–H and O–H groups in total. The van der Waals surface area contributed by atoms with E-state index < -0.39 is 0 Å². The summed E-state index contributed by atoms with van der Waals surface area (Å²) in [5, 5.41) is 0.0394. The van der Waals surface area contributed by atoms with E-state index in [0.29, 0.717) is 6.42 Å². The van der Waals surface area contributed by atoms with Crippen LogP contribution in [0.1, 0.15) is 6.42 Å². The van der Waals surface area contributed by atoms with Crippen LogP contribution in [0.15, 0.2) is 4.99 Å². The molecule has 0 spiro atoms. The molecule has 12 heavy (non-hydrogen) atoms. The number of nitrogens with zero attached hydrogens (tertiary/aromatic N) is 2. The van der Waals surface area contributed by atoms with E-state index in [-0.39, 0.29) is 17.2 Å². The zero-order valence-electron chi connectivity index (χ0n) is 7.19. The number of carbonyl (C=O) groups excluding carboxylic acids is 1. The molecular weight excluding hydrogens is 174 g/mol. The fraction of sp³-hybridized carbons (Fsp3) is 0.714. The predicted octanol–water partition coefficient (Wildman–Crippen LogP) is -0.497. The molecule has 0 bridgehead atoms. The second-order valence-electron chi connectivity index (χ2n) is 3.05. The Labute approximate surface area is 77.2 Å². The predicted molar refractivity (Wildman–Crippen MR) is 51.5 cm³/mol. The Bertz CT molecular complexity index is 227.